The van der Waals surface area contributed by atoms with Crippen LogP contribution in [0.1, 0.15) is 27.8 Å². The number of aryl methyl sites for hydroxylation is 2. The van der Waals surface area contributed by atoms with Gasteiger partial charge in [0.2, 0.25) is 0 Å². The topological polar surface area (TPSA) is 62.5 Å². The van der Waals surface area contributed by atoms with Crippen LogP contribution in [-0.2, 0) is 11.3 Å². The van der Waals surface area contributed by atoms with Crippen molar-refractivity contribution in [3.8, 4) is 17.6 Å². The van der Waals surface area contributed by atoms with E-state index in [4.69, 9.17) is 9.39 Å². The van der Waals surface area contributed by atoms with Crippen molar-refractivity contribution in [2.45, 2.75) is 27.4 Å². The Morgan fingerprint density at radius 3 is 2.55 bits per heavy atom. The fraction of sp³-hybridized carbons (Fsp3) is 0.235. The van der Waals surface area contributed by atoms with Crippen molar-refractivity contribution < 1.29 is 14.4 Å². The molecule has 1 aliphatic rings. The third-order valence-electron chi connectivity index (χ3n) is 4.09. The van der Waals surface area contributed by atoms with E-state index in [1.165, 1.54) is 0 Å². The Morgan fingerprint density at radius 1 is 1.14 bits per heavy atom. The SMILES string of the molecule is Cc1cc(Oc2cc(C)c3c(c2)COB3O)cc(C#N)c1C. The molecule has 22 heavy (non-hydrogen) atoms. The molecule has 0 radical (unpaired) electrons. The standard InChI is InChI=1S/C17H16BNO3/c1-10-4-15(6-13(8-19)12(10)3)22-16-5-11(2)17-14(7-16)9-21-18(17)20/h4-7,20H,9H2,1-3H3. The van der Waals surface area contributed by atoms with E-state index >= 15 is 0 Å². The van der Waals surface area contributed by atoms with Crippen molar-refractivity contribution in [2.75, 3.05) is 0 Å². The number of fused-ring (bicyclic) bond motifs is 1. The first-order chi connectivity index (χ1) is 10.5. The lowest BCUT2D eigenvalue weighted by Crippen LogP contribution is -2.30. The van der Waals surface area contributed by atoms with Gasteiger partial charge in [-0.15, -0.1) is 0 Å². The Kier molecular flexibility index (Phi) is 3.65. The molecule has 2 aromatic rings. The van der Waals surface area contributed by atoms with Crippen molar-refractivity contribution in [3.05, 3.63) is 52.1 Å². The van der Waals surface area contributed by atoms with E-state index in [-0.39, 0.29) is 0 Å². The van der Waals surface area contributed by atoms with E-state index in [0.717, 1.165) is 27.7 Å². The number of nitrogens with zero attached hydrogens (tertiary/aromatic N) is 1. The average Bonchev–Trinajstić information content (AvgIpc) is 2.84. The van der Waals surface area contributed by atoms with Gasteiger partial charge in [-0.05, 0) is 72.8 Å². The van der Waals surface area contributed by atoms with Crippen LogP contribution in [0.25, 0.3) is 0 Å². The van der Waals surface area contributed by atoms with E-state index in [2.05, 4.69) is 6.07 Å². The van der Waals surface area contributed by atoms with E-state index < -0.39 is 7.12 Å². The molecule has 2 aromatic carbocycles. The molecule has 0 amide bonds. The summed E-state index contributed by atoms with van der Waals surface area (Å²) in [5.41, 5.74) is 5.30. The summed E-state index contributed by atoms with van der Waals surface area (Å²) in [6.45, 7) is 6.19. The lowest BCUT2D eigenvalue weighted by Gasteiger charge is -2.12. The van der Waals surface area contributed by atoms with Gasteiger partial charge in [-0.2, -0.15) is 5.26 Å². The smallest absolute Gasteiger partial charge is 0.457 e. The second kappa shape index (κ2) is 5.49. The van der Waals surface area contributed by atoms with Gasteiger partial charge in [0.1, 0.15) is 11.5 Å². The number of nitriles is 1. The quantitative estimate of drug-likeness (QED) is 0.864. The average molecular weight is 293 g/mol. The van der Waals surface area contributed by atoms with Gasteiger partial charge in [0, 0.05) is 0 Å². The molecule has 0 atom stereocenters. The largest absolute Gasteiger partial charge is 0.492 e. The minimum atomic E-state index is -0.851. The molecule has 110 valence electrons. The number of ether oxygens (including phenoxy) is 1. The Hall–Kier alpha value is -2.29. The van der Waals surface area contributed by atoms with Crippen molar-refractivity contribution in [3.63, 3.8) is 0 Å². The summed E-state index contributed by atoms with van der Waals surface area (Å²) in [5, 5.41) is 19.0. The highest BCUT2D eigenvalue weighted by atomic mass is 16.5. The van der Waals surface area contributed by atoms with E-state index in [9.17, 15) is 10.3 Å². The molecule has 0 saturated carbocycles. The van der Waals surface area contributed by atoms with Gasteiger partial charge in [-0.3, -0.25) is 0 Å². The second-order valence-corrected chi connectivity index (χ2v) is 5.60. The van der Waals surface area contributed by atoms with Gasteiger partial charge in [0.25, 0.3) is 0 Å². The van der Waals surface area contributed by atoms with Gasteiger partial charge in [-0.25, -0.2) is 0 Å². The lowest BCUT2D eigenvalue weighted by atomic mass is 9.76. The summed E-state index contributed by atoms with van der Waals surface area (Å²) in [5.74, 6) is 1.32. The molecule has 3 rings (SSSR count). The van der Waals surface area contributed by atoms with Crippen LogP contribution in [0.15, 0.2) is 24.3 Å². The Bertz CT molecular complexity index is 795. The predicted octanol–water partition coefficient (Wildman–Crippen LogP) is 2.49. The highest BCUT2D eigenvalue weighted by molar-refractivity contribution is 6.62. The van der Waals surface area contributed by atoms with Crippen LogP contribution in [0, 0.1) is 32.1 Å². The van der Waals surface area contributed by atoms with E-state index in [1.54, 1.807) is 6.07 Å². The zero-order chi connectivity index (χ0) is 15.9. The maximum atomic E-state index is 9.78. The zero-order valence-corrected chi connectivity index (χ0v) is 12.8. The zero-order valence-electron chi connectivity index (χ0n) is 12.8. The maximum Gasteiger partial charge on any atom is 0.492 e. The normalized spacial score (nSPS) is 13.0. The molecule has 0 saturated heterocycles. The van der Waals surface area contributed by atoms with Crippen LogP contribution in [-0.4, -0.2) is 12.1 Å². The molecule has 0 spiro atoms. The van der Waals surface area contributed by atoms with Crippen LogP contribution in [0.4, 0.5) is 0 Å². The van der Waals surface area contributed by atoms with Gasteiger partial charge in [-0.1, -0.05) is 0 Å². The molecule has 1 heterocycles. The summed E-state index contributed by atoms with van der Waals surface area (Å²) in [6, 6.07) is 9.60. The fourth-order valence-electron chi connectivity index (χ4n) is 2.76. The van der Waals surface area contributed by atoms with Crippen molar-refractivity contribution >= 4 is 12.6 Å². The van der Waals surface area contributed by atoms with Gasteiger partial charge in [0.05, 0.1) is 18.2 Å². The predicted molar refractivity (Wildman–Crippen MR) is 84.3 cm³/mol. The summed E-state index contributed by atoms with van der Waals surface area (Å²) in [6.07, 6.45) is 0. The molecule has 0 bridgehead atoms. The summed E-state index contributed by atoms with van der Waals surface area (Å²) < 4.78 is 11.1. The minimum absolute atomic E-state index is 0.380. The third-order valence-corrected chi connectivity index (χ3v) is 4.09. The third kappa shape index (κ3) is 2.48. The second-order valence-electron chi connectivity index (χ2n) is 5.60. The number of hydrogen-bond donors (Lipinski definition) is 1. The first kappa shape index (κ1) is 14.6. The summed E-state index contributed by atoms with van der Waals surface area (Å²) in [7, 11) is -0.851. The molecule has 1 N–H and O–H groups in total. The Morgan fingerprint density at radius 2 is 1.82 bits per heavy atom. The van der Waals surface area contributed by atoms with Crippen LogP contribution >= 0.6 is 0 Å². The van der Waals surface area contributed by atoms with Crippen LogP contribution in [0.5, 0.6) is 11.5 Å². The van der Waals surface area contributed by atoms with Crippen LogP contribution in [0.2, 0.25) is 0 Å². The van der Waals surface area contributed by atoms with Crippen LogP contribution < -0.4 is 10.2 Å². The first-order valence-corrected chi connectivity index (χ1v) is 7.12. The number of benzene rings is 2. The molecule has 4 nitrogen and oxygen atoms in total. The fourth-order valence-corrected chi connectivity index (χ4v) is 2.76. The molecular formula is C17H16BNO3. The highest BCUT2D eigenvalue weighted by Crippen LogP contribution is 2.28. The molecule has 0 unspecified atom stereocenters. The highest BCUT2D eigenvalue weighted by Gasteiger charge is 2.29. The van der Waals surface area contributed by atoms with Crippen LogP contribution in [0.3, 0.4) is 0 Å². The lowest BCUT2D eigenvalue weighted by molar-refractivity contribution is 0.275. The maximum absolute atomic E-state index is 9.78. The molecule has 0 fully saturated rings. The van der Waals surface area contributed by atoms with E-state index in [1.807, 2.05) is 39.0 Å². The summed E-state index contributed by atoms with van der Waals surface area (Å²) >= 11 is 0. The summed E-state index contributed by atoms with van der Waals surface area (Å²) in [4.78, 5) is 0. The van der Waals surface area contributed by atoms with Gasteiger partial charge < -0.3 is 14.4 Å². The van der Waals surface area contributed by atoms with Gasteiger partial charge in [0.15, 0.2) is 0 Å². The van der Waals surface area contributed by atoms with E-state index in [0.29, 0.717) is 23.7 Å². The monoisotopic (exact) mass is 293 g/mol. The van der Waals surface area contributed by atoms with Gasteiger partial charge >= 0.3 is 7.12 Å². The number of rotatable bonds is 2. The molecule has 5 heteroatoms. The number of hydrogen-bond acceptors (Lipinski definition) is 4. The van der Waals surface area contributed by atoms with Crippen molar-refractivity contribution in [2.24, 2.45) is 0 Å². The Balaban J connectivity index is 1.97. The molecule has 0 aliphatic carbocycles. The molecule has 0 aromatic heterocycles. The minimum Gasteiger partial charge on any atom is -0.457 e. The first-order valence-electron chi connectivity index (χ1n) is 7.12. The van der Waals surface area contributed by atoms with Crippen molar-refractivity contribution in [1.29, 1.82) is 5.26 Å². The molecular weight excluding hydrogens is 277 g/mol. The van der Waals surface area contributed by atoms with Crippen molar-refractivity contribution in [1.82, 2.24) is 0 Å². The molecule has 1 aliphatic heterocycles. The Labute approximate surface area is 130 Å².